The molecule has 1 fully saturated rings. The Labute approximate surface area is 201 Å². The van der Waals surface area contributed by atoms with E-state index in [9.17, 15) is 24.6 Å². The Balaban J connectivity index is 2.00. The van der Waals surface area contributed by atoms with Crippen LogP contribution in [0.2, 0.25) is 0 Å². The lowest BCUT2D eigenvalue weighted by Crippen LogP contribution is -2.48. The topological polar surface area (TPSA) is 116 Å². The number of aliphatic hydroxyl groups is 1. The second-order valence-corrected chi connectivity index (χ2v) is 9.16. The summed E-state index contributed by atoms with van der Waals surface area (Å²) in [6.45, 7) is 3.87. The summed E-state index contributed by atoms with van der Waals surface area (Å²) in [6, 6.07) is 8.14. The second-order valence-electron chi connectivity index (χ2n) is 8.71. The Bertz CT molecular complexity index is 792. The Morgan fingerprint density at radius 3 is 2.61 bits per heavy atom. The first kappa shape index (κ1) is 27.1. The van der Waals surface area contributed by atoms with Gasteiger partial charge in [-0.1, -0.05) is 37.3 Å². The molecule has 9 heteroatoms. The number of carboxylic acid groups (broad SMARTS) is 1. The number of hydrogen-bond acceptors (Lipinski definition) is 7. The number of likely N-dealkylation sites (tertiary alicyclic amines) is 1. The number of hydrogen-bond donors (Lipinski definition) is 4. The minimum absolute atomic E-state index is 0.00449. The summed E-state index contributed by atoms with van der Waals surface area (Å²) in [7, 11) is 0. The third-order valence-electron chi connectivity index (χ3n) is 6.01. The number of carboxylic acids is 1. The molecule has 0 aliphatic carbocycles. The van der Waals surface area contributed by atoms with Gasteiger partial charge in [-0.05, 0) is 43.9 Å². The first-order valence-electron chi connectivity index (χ1n) is 11.5. The van der Waals surface area contributed by atoms with Crippen LogP contribution in [0.1, 0.15) is 45.1 Å². The molecule has 0 spiro atoms. The van der Waals surface area contributed by atoms with E-state index >= 15 is 0 Å². The van der Waals surface area contributed by atoms with Gasteiger partial charge >= 0.3 is 11.9 Å². The SMILES string of the molecule is CCOC(=O)[C@H](CCc1ccccc1)NC[C@@H](C)C(=O)N1C[C@@](O)(CCCS)C[C@H]1C(=O)O. The number of β-amino-alcohol motifs (C(OH)–C–C–N with tert-alkyl or cyclic N) is 1. The Hall–Kier alpha value is -2.10. The molecule has 4 atom stereocenters. The first-order chi connectivity index (χ1) is 15.7. The van der Waals surface area contributed by atoms with Crippen molar-refractivity contribution in [1.82, 2.24) is 10.2 Å². The lowest BCUT2D eigenvalue weighted by molar-refractivity contribution is -0.149. The van der Waals surface area contributed by atoms with Gasteiger partial charge in [0.05, 0.1) is 18.8 Å². The number of rotatable bonds is 13. The molecule has 1 aliphatic heterocycles. The van der Waals surface area contributed by atoms with Crippen molar-refractivity contribution < 1.29 is 29.3 Å². The van der Waals surface area contributed by atoms with E-state index in [0.717, 1.165) is 5.56 Å². The average molecular weight is 481 g/mol. The lowest BCUT2D eigenvalue weighted by atomic mass is 9.95. The van der Waals surface area contributed by atoms with Crippen LogP contribution in [0.15, 0.2) is 30.3 Å². The van der Waals surface area contributed by atoms with Gasteiger partial charge < -0.3 is 25.2 Å². The number of amides is 1. The molecule has 33 heavy (non-hydrogen) atoms. The summed E-state index contributed by atoms with van der Waals surface area (Å²) in [5.41, 5.74) is -0.128. The zero-order chi connectivity index (χ0) is 24.4. The number of aliphatic carboxylic acids is 1. The molecule has 8 nitrogen and oxygen atoms in total. The largest absolute Gasteiger partial charge is 0.480 e. The van der Waals surface area contributed by atoms with Crippen LogP contribution in [0.25, 0.3) is 0 Å². The smallest absolute Gasteiger partial charge is 0.326 e. The molecule has 0 aromatic heterocycles. The monoisotopic (exact) mass is 480 g/mol. The molecule has 1 saturated heterocycles. The molecular formula is C24H36N2O6S. The van der Waals surface area contributed by atoms with Crippen LogP contribution in [0, 0.1) is 5.92 Å². The van der Waals surface area contributed by atoms with E-state index in [0.29, 0.717) is 31.4 Å². The normalized spacial score (nSPS) is 22.1. The molecule has 1 aromatic rings. The molecule has 2 rings (SSSR count). The van der Waals surface area contributed by atoms with Crippen LogP contribution in [-0.4, -0.2) is 76.1 Å². The second kappa shape index (κ2) is 13.0. The quantitative estimate of drug-likeness (QED) is 0.252. The summed E-state index contributed by atoms with van der Waals surface area (Å²) in [6.07, 6.45) is 2.21. The molecule has 3 N–H and O–H groups in total. The van der Waals surface area contributed by atoms with Crippen molar-refractivity contribution in [1.29, 1.82) is 0 Å². The molecule has 0 unspecified atom stereocenters. The van der Waals surface area contributed by atoms with Gasteiger partial charge in [0, 0.05) is 18.9 Å². The van der Waals surface area contributed by atoms with E-state index in [1.807, 2.05) is 30.3 Å². The molecule has 1 aromatic carbocycles. The van der Waals surface area contributed by atoms with E-state index in [1.165, 1.54) is 4.90 Å². The van der Waals surface area contributed by atoms with Gasteiger partial charge in [-0.3, -0.25) is 9.59 Å². The minimum Gasteiger partial charge on any atom is -0.480 e. The number of aryl methyl sites for hydroxylation is 1. The van der Waals surface area contributed by atoms with Crippen LogP contribution >= 0.6 is 12.6 Å². The summed E-state index contributed by atoms with van der Waals surface area (Å²) >= 11 is 4.15. The maximum Gasteiger partial charge on any atom is 0.326 e. The van der Waals surface area contributed by atoms with Gasteiger partial charge in [0.1, 0.15) is 12.1 Å². The Kier molecular flexibility index (Phi) is 10.7. The maximum atomic E-state index is 13.1. The predicted molar refractivity (Wildman–Crippen MR) is 128 cm³/mol. The molecule has 184 valence electrons. The van der Waals surface area contributed by atoms with E-state index in [-0.39, 0.29) is 38.0 Å². The number of ether oxygens (including phenoxy) is 1. The van der Waals surface area contributed by atoms with Crippen LogP contribution in [0.4, 0.5) is 0 Å². The van der Waals surface area contributed by atoms with E-state index in [1.54, 1.807) is 13.8 Å². The van der Waals surface area contributed by atoms with Gasteiger partial charge in [-0.15, -0.1) is 0 Å². The zero-order valence-electron chi connectivity index (χ0n) is 19.4. The van der Waals surface area contributed by atoms with Gasteiger partial charge in [0.15, 0.2) is 0 Å². The molecule has 1 amide bonds. The van der Waals surface area contributed by atoms with Crippen molar-refractivity contribution in [2.24, 2.45) is 5.92 Å². The van der Waals surface area contributed by atoms with Crippen molar-refractivity contribution in [3.8, 4) is 0 Å². The van der Waals surface area contributed by atoms with E-state index < -0.39 is 29.6 Å². The van der Waals surface area contributed by atoms with Crippen molar-refractivity contribution in [2.75, 3.05) is 25.4 Å². The molecule has 0 radical (unpaired) electrons. The standard InChI is InChI=1S/C24H36N2O6S/c1-3-32-23(30)19(11-10-18-8-5-4-6-9-18)25-15-17(2)21(27)26-16-24(31,12-7-13-33)14-20(26)22(28)29/h4-6,8-9,17,19-20,25,31,33H,3,7,10-16H2,1-2H3,(H,28,29)/t17-,19+,20+,24-/m1/s1. The fourth-order valence-corrected chi connectivity index (χ4v) is 4.35. The highest BCUT2D eigenvalue weighted by Gasteiger charge is 2.48. The van der Waals surface area contributed by atoms with Crippen molar-refractivity contribution in [2.45, 2.75) is 63.6 Å². The first-order valence-corrected chi connectivity index (χ1v) is 12.1. The van der Waals surface area contributed by atoms with Crippen molar-refractivity contribution in [3.63, 3.8) is 0 Å². The Morgan fingerprint density at radius 1 is 1.30 bits per heavy atom. The van der Waals surface area contributed by atoms with Gasteiger partial charge in [0.2, 0.25) is 5.91 Å². The van der Waals surface area contributed by atoms with Crippen molar-refractivity contribution >= 4 is 30.5 Å². The van der Waals surface area contributed by atoms with Gasteiger partial charge in [0.25, 0.3) is 0 Å². The van der Waals surface area contributed by atoms with Crippen LogP contribution < -0.4 is 5.32 Å². The summed E-state index contributed by atoms with van der Waals surface area (Å²) in [5.74, 6) is -1.86. The van der Waals surface area contributed by atoms with Crippen LogP contribution in [0.5, 0.6) is 0 Å². The molecule has 1 aliphatic rings. The van der Waals surface area contributed by atoms with Crippen LogP contribution in [-0.2, 0) is 25.5 Å². The molecule has 0 bridgehead atoms. The summed E-state index contributed by atoms with van der Waals surface area (Å²) in [4.78, 5) is 38.5. The number of thiol groups is 1. The number of carbonyl (C=O) groups is 3. The van der Waals surface area contributed by atoms with Gasteiger partial charge in [-0.25, -0.2) is 4.79 Å². The zero-order valence-corrected chi connectivity index (χ0v) is 20.3. The molecule has 0 saturated carbocycles. The number of esters is 1. The molecular weight excluding hydrogens is 444 g/mol. The minimum atomic E-state index is -1.22. The van der Waals surface area contributed by atoms with E-state index in [4.69, 9.17) is 4.74 Å². The predicted octanol–water partition coefficient (Wildman–Crippen LogP) is 1.90. The third-order valence-corrected chi connectivity index (χ3v) is 6.33. The number of nitrogens with one attached hydrogen (secondary N) is 1. The number of benzene rings is 1. The molecule has 1 heterocycles. The highest BCUT2D eigenvalue weighted by atomic mass is 32.1. The van der Waals surface area contributed by atoms with Gasteiger partial charge in [-0.2, -0.15) is 12.6 Å². The maximum absolute atomic E-state index is 13.1. The fraction of sp³-hybridized carbons (Fsp3) is 0.625. The number of nitrogens with zero attached hydrogens (tertiary/aromatic N) is 1. The fourth-order valence-electron chi connectivity index (χ4n) is 4.19. The summed E-state index contributed by atoms with van der Waals surface area (Å²) in [5, 5.41) is 23.5. The Morgan fingerprint density at radius 2 is 2.00 bits per heavy atom. The average Bonchev–Trinajstić information content (AvgIpc) is 3.16. The third kappa shape index (κ3) is 8.01. The highest BCUT2D eigenvalue weighted by Crippen LogP contribution is 2.32. The summed E-state index contributed by atoms with van der Waals surface area (Å²) < 4.78 is 5.18. The van der Waals surface area contributed by atoms with E-state index in [2.05, 4.69) is 17.9 Å². The number of carbonyl (C=O) groups excluding carboxylic acids is 2. The van der Waals surface area contributed by atoms with Crippen LogP contribution in [0.3, 0.4) is 0 Å². The lowest BCUT2D eigenvalue weighted by Gasteiger charge is -2.27. The highest BCUT2D eigenvalue weighted by molar-refractivity contribution is 7.80. The van der Waals surface area contributed by atoms with Crippen molar-refractivity contribution in [3.05, 3.63) is 35.9 Å².